The number of nitrogens with one attached hydrogen (secondary N) is 2. The van der Waals surface area contributed by atoms with Crippen LogP contribution in [0.1, 0.15) is 19.4 Å². The summed E-state index contributed by atoms with van der Waals surface area (Å²) >= 11 is 5.52. The lowest BCUT2D eigenvalue weighted by Gasteiger charge is -2.34. The monoisotopic (exact) mass is 443 g/mol. The molecule has 2 atom stereocenters. The fraction of sp³-hybridized carbons (Fsp3) is 0.562. The van der Waals surface area contributed by atoms with Crippen molar-refractivity contribution in [3.63, 3.8) is 0 Å². The van der Waals surface area contributed by atoms with Gasteiger partial charge in [0.05, 0.1) is 28.5 Å². The molecule has 1 aromatic carbocycles. The highest BCUT2D eigenvalue weighted by Gasteiger charge is 2.33. The molecule has 28 heavy (non-hydrogen) atoms. The number of anilines is 1. The molecular weight excluding hydrogens is 423 g/mol. The molecule has 1 aliphatic heterocycles. The van der Waals surface area contributed by atoms with E-state index in [0.717, 1.165) is 6.07 Å². The number of benzene rings is 1. The van der Waals surface area contributed by atoms with Crippen LogP contribution in [-0.4, -0.2) is 56.3 Å². The van der Waals surface area contributed by atoms with E-state index in [9.17, 15) is 26.4 Å². The average molecular weight is 444 g/mol. The molecule has 0 saturated carbocycles. The molecule has 12 heteroatoms. The number of ether oxygens (including phenoxy) is 1. The van der Waals surface area contributed by atoms with Crippen molar-refractivity contribution < 1.29 is 31.1 Å². The molecule has 0 radical (unpaired) electrons. The largest absolute Gasteiger partial charge is 0.417 e. The van der Waals surface area contributed by atoms with Gasteiger partial charge in [-0.25, -0.2) is 13.2 Å². The Morgan fingerprint density at radius 2 is 1.89 bits per heavy atom. The summed E-state index contributed by atoms with van der Waals surface area (Å²) < 4.78 is 70.0. The molecule has 0 spiro atoms. The summed E-state index contributed by atoms with van der Waals surface area (Å²) in [5, 5.41) is 4.06. The zero-order chi connectivity index (χ0) is 21.1. The van der Waals surface area contributed by atoms with Gasteiger partial charge in [0, 0.05) is 25.3 Å². The quantitative estimate of drug-likeness (QED) is 0.732. The highest BCUT2D eigenvalue weighted by molar-refractivity contribution is 7.89. The van der Waals surface area contributed by atoms with Gasteiger partial charge in [-0.3, -0.25) is 0 Å². The maximum Gasteiger partial charge on any atom is 0.417 e. The summed E-state index contributed by atoms with van der Waals surface area (Å²) in [6.07, 6.45) is -5.13. The molecule has 7 nitrogen and oxygen atoms in total. The third-order valence-corrected chi connectivity index (χ3v) is 6.09. The molecule has 1 aromatic rings. The lowest BCUT2D eigenvalue weighted by molar-refractivity contribution is -0.137. The Morgan fingerprint density at radius 1 is 1.29 bits per heavy atom. The Balaban J connectivity index is 1.89. The molecule has 0 bridgehead atoms. The minimum atomic E-state index is -4.66. The lowest BCUT2D eigenvalue weighted by atomic mass is 10.2. The number of amides is 2. The van der Waals surface area contributed by atoms with E-state index in [1.807, 2.05) is 0 Å². The van der Waals surface area contributed by atoms with Gasteiger partial charge in [0.1, 0.15) is 0 Å². The third-order valence-electron chi connectivity index (χ3n) is 3.95. The van der Waals surface area contributed by atoms with Crippen LogP contribution >= 0.6 is 11.6 Å². The number of morpholine rings is 1. The van der Waals surface area contributed by atoms with Gasteiger partial charge in [0.25, 0.3) is 0 Å². The number of carbonyl (C=O) groups excluding carboxylic acids is 1. The number of hydrogen-bond acceptors (Lipinski definition) is 4. The minimum Gasteiger partial charge on any atom is -0.373 e. The SMILES string of the molecule is C[C@@H]1CN(S(=O)(=O)CCNC(=O)Nc2ccc(Cl)c(C(F)(F)F)c2)C[C@H](C)O1. The number of hydrogen-bond donors (Lipinski definition) is 2. The first-order chi connectivity index (χ1) is 12.9. The zero-order valence-corrected chi connectivity index (χ0v) is 16.8. The van der Waals surface area contributed by atoms with Crippen LogP contribution in [-0.2, 0) is 20.9 Å². The second-order valence-electron chi connectivity index (χ2n) is 6.46. The predicted molar refractivity (Wildman–Crippen MR) is 98.8 cm³/mol. The van der Waals surface area contributed by atoms with E-state index >= 15 is 0 Å². The van der Waals surface area contributed by atoms with Crippen LogP contribution in [0.3, 0.4) is 0 Å². The van der Waals surface area contributed by atoms with E-state index in [4.69, 9.17) is 16.3 Å². The number of sulfonamides is 1. The smallest absolute Gasteiger partial charge is 0.373 e. The summed E-state index contributed by atoms with van der Waals surface area (Å²) in [6, 6.07) is 2.11. The van der Waals surface area contributed by atoms with E-state index in [1.165, 1.54) is 10.4 Å². The van der Waals surface area contributed by atoms with Gasteiger partial charge in [0.15, 0.2) is 0 Å². The highest BCUT2D eigenvalue weighted by Crippen LogP contribution is 2.36. The van der Waals surface area contributed by atoms with Crippen molar-refractivity contribution in [2.45, 2.75) is 32.2 Å². The summed E-state index contributed by atoms with van der Waals surface area (Å²) in [5.41, 5.74) is -1.20. The zero-order valence-electron chi connectivity index (χ0n) is 15.2. The van der Waals surface area contributed by atoms with Crippen LogP contribution in [0, 0.1) is 0 Å². The molecular formula is C16H21ClF3N3O4S. The van der Waals surface area contributed by atoms with Crippen LogP contribution in [0.4, 0.5) is 23.7 Å². The second kappa shape index (κ2) is 8.85. The van der Waals surface area contributed by atoms with E-state index in [2.05, 4.69) is 10.6 Å². The minimum absolute atomic E-state index is 0.118. The maximum atomic E-state index is 12.8. The van der Waals surface area contributed by atoms with E-state index in [-0.39, 0.29) is 43.3 Å². The maximum absolute atomic E-state index is 12.8. The van der Waals surface area contributed by atoms with Crippen molar-refractivity contribution in [1.29, 1.82) is 0 Å². The Bertz CT molecular complexity index is 810. The fourth-order valence-corrected chi connectivity index (χ4v) is 4.49. The van der Waals surface area contributed by atoms with Crippen molar-refractivity contribution in [2.75, 3.05) is 30.7 Å². The lowest BCUT2D eigenvalue weighted by Crippen LogP contribution is -2.49. The number of urea groups is 1. The molecule has 0 unspecified atom stereocenters. The molecule has 1 saturated heterocycles. The number of halogens is 4. The van der Waals surface area contributed by atoms with Crippen molar-refractivity contribution >= 4 is 33.3 Å². The van der Waals surface area contributed by atoms with Crippen molar-refractivity contribution in [3.05, 3.63) is 28.8 Å². The van der Waals surface area contributed by atoms with E-state index < -0.39 is 32.8 Å². The Hall–Kier alpha value is -1.56. The summed E-state index contributed by atoms with van der Waals surface area (Å²) in [6.45, 7) is 3.79. The molecule has 2 rings (SSSR count). The van der Waals surface area contributed by atoms with Gasteiger partial charge < -0.3 is 15.4 Å². The molecule has 1 heterocycles. The summed E-state index contributed by atoms with van der Waals surface area (Å²) in [5.74, 6) is -0.339. The number of carbonyl (C=O) groups is 1. The van der Waals surface area contributed by atoms with Crippen molar-refractivity contribution in [1.82, 2.24) is 9.62 Å². The summed E-state index contributed by atoms with van der Waals surface area (Å²) in [7, 11) is -3.60. The number of rotatable bonds is 5. The molecule has 1 aliphatic rings. The predicted octanol–water partition coefficient (Wildman–Crippen LogP) is 2.92. The highest BCUT2D eigenvalue weighted by atomic mass is 35.5. The van der Waals surface area contributed by atoms with Gasteiger partial charge >= 0.3 is 12.2 Å². The molecule has 158 valence electrons. The third kappa shape index (κ3) is 6.23. The van der Waals surface area contributed by atoms with E-state index in [0.29, 0.717) is 6.07 Å². The van der Waals surface area contributed by atoms with Gasteiger partial charge in [-0.2, -0.15) is 17.5 Å². The molecule has 2 amide bonds. The molecule has 0 aromatic heterocycles. The standard InChI is InChI=1S/C16H21ClF3N3O4S/c1-10-8-23(9-11(2)27-10)28(25,26)6-5-21-15(24)22-12-3-4-14(17)13(7-12)16(18,19)20/h3-4,7,10-11H,5-6,8-9H2,1-2H3,(H2,21,22,24)/t10-,11+. The topological polar surface area (TPSA) is 87.7 Å². The van der Waals surface area contributed by atoms with Crippen molar-refractivity contribution in [3.8, 4) is 0 Å². The van der Waals surface area contributed by atoms with Crippen LogP contribution in [0.25, 0.3) is 0 Å². The van der Waals surface area contributed by atoms with Crippen molar-refractivity contribution in [2.24, 2.45) is 0 Å². The first kappa shape index (κ1) is 22.7. The van der Waals surface area contributed by atoms with Gasteiger partial charge in [-0.15, -0.1) is 0 Å². The first-order valence-corrected chi connectivity index (χ1v) is 10.4. The number of nitrogens with zero attached hydrogens (tertiary/aromatic N) is 1. The Kier molecular flexibility index (Phi) is 7.18. The summed E-state index contributed by atoms with van der Waals surface area (Å²) in [4.78, 5) is 11.9. The van der Waals surface area contributed by atoms with Gasteiger partial charge in [-0.1, -0.05) is 11.6 Å². The molecule has 0 aliphatic carbocycles. The van der Waals surface area contributed by atoms with Crippen LogP contribution in [0.2, 0.25) is 5.02 Å². The normalized spacial score (nSPS) is 21.4. The molecule has 2 N–H and O–H groups in total. The Morgan fingerprint density at radius 3 is 2.46 bits per heavy atom. The fourth-order valence-electron chi connectivity index (χ4n) is 2.78. The van der Waals surface area contributed by atoms with Crippen LogP contribution in [0.15, 0.2) is 18.2 Å². The number of alkyl halides is 3. The van der Waals surface area contributed by atoms with Gasteiger partial charge in [0.2, 0.25) is 10.0 Å². The van der Waals surface area contributed by atoms with Crippen LogP contribution in [0.5, 0.6) is 0 Å². The Labute approximate surface area is 166 Å². The second-order valence-corrected chi connectivity index (χ2v) is 8.96. The average Bonchev–Trinajstić information content (AvgIpc) is 2.54. The van der Waals surface area contributed by atoms with Gasteiger partial charge in [-0.05, 0) is 32.0 Å². The van der Waals surface area contributed by atoms with Crippen LogP contribution < -0.4 is 10.6 Å². The molecule has 1 fully saturated rings. The van der Waals surface area contributed by atoms with E-state index in [1.54, 1.807) is 13.8 Å². The first-order valence-electron chi connectivity index (χ1n) is 8.43.